The Balaban J connectivity index is 1.26. The minimum Gasteiger partial charge on any atom is -0.353 e. The summed E-state index contributed by atoms with van der Waals surface area (Å²) < 4.78 is 2.71. The summed E-state index contributed by atoms with van der Waals surface area (Å²) >= 11 is 1.90. The molecule has 0 amide bonds. The predicted molar refractivity (Wildman–Crippen MR) is 154 cm³/mol. The topological polar surface area (TPSA) is 15.8 Å². The second kappa shape index (κ2) is 6.87. The molecule has 1 atom stereocenters. The molecule has 2 heterocycles. The van der Waals surface area contributed by atoms with Gasteiger partial charge in [0.25, 0.3) is 0 Å². The van der Waals surface area contributed by atoms with Crippen LogP contribution in [0.1, 0.15) is 35.4 Å². The normalized spacial score (nSPS) is 16.3. The molecule has 5 aromatic carbocycles. The molecule has 2 aliphatic rings. The third-order valence-corrected chi connectivity index (χ3v) is 9.88. The van der Waals surface area contributed by atoms with Gasteiger partial charge in [-0.1, -0.05) is 78.9 Å². The minimum atomic E-state index is 0.568. The summed E-state index contributed by atoms with van der Waals surface area (Å²) in [6.45, 7) is 0. The van der Waals surface area contributed by atoms with Crippen LogP contribution in [0.15, 0.2) is 91.0 Å². The van der Waals surface area contributed by atoms with Gasteiger partial charge in [0.1, 0.15) is 0 Å². The third-order valence-electron chi connectivity index (χ3n) is 8.68. The molecule has 0 radical (unpaired) electrons. The van der Waals surface area contributed by atoms with Crippen LogP contribution in [0.2, 0.25) is 0 Å². The van der Waals surface area contributed by atoms with Gasteiger partial charge in [0.05, 0.1) is 10.2 Å². The van der Waals surface area contributed by atoms with Crippen LogP contribution in [0.5, 0.6) is 0 Å². The lowest BCUT2D eigenvalue weighted by molar-refractivity contribution is 0.628. The first kappa shape index (κ1) is 19.3. The number of H-pyrrole nitrogens is 1. The van der Waals surface area contributed by atoms with Crippen LogP contribution >= 0.6 is 11.3 Å². The Morgan fingerprint density at radius 2 is 1.53 bits per heavy atom. The molecule has 170 valence electrons. The molecule has 0 bridgehead atoms. The Morgan fingerprint density at radius 3 is 2.53 bits per heavy atom. The van der Waals surface area contributed by atoms with E-state index in [-0.39, 0.29) is 0 Å². The molecule has 9 rings (SSSR count). The highest BCUT2D eigenvalue weighted by Gasteiger charge is 2.34. The zero-order valence-electron chi connectivity index (χ0n) is 19.8. The summed E-state index contributed by atoms with van der Waals surface area (Å²) in [5, 5.41) is 5.34. The van der Waals surface area contributed by atoms with Crippen molar-refractivity contribution in [2.45, 2.75) is 25.2 Å². The smallest absolute Gasteiger partial charge is 0.0646 e. The standard InChI is InChI=1S/C34H23NS/c1-2-7-22-21(6-1)26-10-5-9-25-20(14-15-27(22)32(25)26)19-12-13-23-28-16-17-29-24-8-3-4-11-31(24)36-34(29)33(28)35-30(23)18-19/h1-4,6-8,11-18,26,35H,5,9-10H2. The maximum absolute atomic E-state index is 3.83. The van der Waals surface area contributed by atoms with Gasteiger partial charge in [-0.25, -0.2) is 0 Å². The van der Waals surface area contributed by atoms with E-state index in [1.165, 1.54) is 89.1 Å². The van der Waals surface area contributed by atoms with Crippen molar-refractivity contribution in [3.05, 3.63) is 108 Å². The van der Waals surface area contributed by atoms with E-state index < -0.39 is 0 Å². The van der Waals surface area contributed by atoms with Crippen LogP contribution in [0.4, 0.5) is 0 Å². The van der Waals surface area contributed by atoms with E-state index in [4.69, 9.17) is 0 Å². The van der Waals surface area contributed by atoms with Crippen molar-refractivity contribution in [1.29, 1.82) is 0 Å². The highest BCUT2D eigenvalue weighted by molar-refractivity contribution is 7.26. The zero-order valence-corrected chi connectivity index (χ0v) is 20.6. The monoisotopic (exact) mass is 477 g/mol. The van der Waals surface area contributed by atoms with Gasteiger partial charge in [-0.05, 0) is 70.3 Å². The molecule has 0 saturated heterocycles. The number of hydrogen-bond acceptors (Lipinski definition) is 1. The van der Waals surface area contributed by atoms with E-state index in [1.54, 1.807) is 11.1 Å². The van der Waals surface area contributed by atoms with Crippen LogP contribution < -0.4 is 0 Å². The fraction of sp³-hybridized carbons (Fsp3) is 0.118. The second-order valence-electron chi connectivity index (χ2n) is 10.4. The van der Waals surface area contributed by atoms with E-state index >= 15 is 0 Å². The quantitative estimate of drug-likeness (QED) is 0.242. The number of nitrogens with one attached hydrogen (secondary N) is 1. The molecular weight excluding hydrogens is 454 g/mol. The maximum atomic E-state index is 3.83. The Bertz CT molecular complexity index is 2040. The van der Waals surface area contributed by atoms with Crippen LogP contribution in [-0.4, -0.2) is 4.98 Å². The Hall–Kier alpha value is -3.88. The largest absolute Gasteiger partial charge is 0.353 e. The molecule has 0 spiro atoms. The van der Waals surface area contributed by atoms with Crippen molar-refractivity contribution in [2.24, 2.45) is 0 Å². The summed E-state index contributed by atoms with van der Waals surface area (Å²) in [7, 11) is 0. The molecule has 1 nitrogen and oxygen atoms in total. The maximum Gasteiger partial charge on any atom is 0.0646 e. The Kier molecular flexibility index (Phi) is 3.69. The average molecular weight is 478 g/mol. The molecular formula is C34H23NS. The van der Waals surface area contributed by atoms with E-state index in [2.05, 4.69) is 96.0 Å². The molecule has 1 unspecified atom stereocenters. The first-order chi connectivity index (χ1) is 17.8. The Labute approximate surface area is 213 Å². The van der Waals surface area contributed by atoms with Gasteiger partial charge in [-0.15, -0.1) is 11.3 Å². The number of rotatable bonds is 1. The first-order valence-corrected chi connectivity index (χ1v) is 13.8. The van der Waals surface area contributed by atoms with Crippen LogP contribution in [0.3, 0.4) is 0 Å². The summed E-state index contributed by atoms with van der Waals surface area (Å²) in [5.74, 6) is 0.568. The van der Waals surface area contributed by atoms with Gasteiger partial charge in [0.15, 0.2) is 0 Å². The highest BCUT2D eigenvalue weighted by atomic mass is 32.1. The first-order valence-electron chi connectivity index (χ1n) is 13.0. The molecule has 7 aromatic rings. The summed E-state index contributed by atoms with van der Waals surface area (Å²) in [6.07, 6.45) is 3.71. The average Bonchev–Trinajstić information content (AvgIpc) is 3.59. The number of aromatic nitrogens is 1. The summed E-state index contributed by atoms with van der Waals surface area (Å²) in [5.41, 5.74) is 12.9. The number of aromatic amines is 1. The minimum absolute atomic E-state index is 0.568. The van der Waals surface area contributed by atoms with E-state index in [0.29, 0.717) is 5.92 Å². The number of thiophene rings is 1. The molecule has 0 saturated carbocycles. The van der Waals surface area contributed by atoms with Gasteiger partial charge in [0, 0.05) is 37.7 Å². The van der Waals surface area contributed by atoms with Crippen LogP contribution in [0, 0.1) is 0 Å². The lowest BCUT2D eigenvalue weighted by atomic mass is 9.79. The fourth-order valence-electron chi connectivity index (χ4n) is 7.14. The van der Waals surface area contributed by atoms with Crippen molar-refractivity contribution >= 4 is 53.3 Å². The van der Waals surface area contributed by atoms with Gasteiger partial charge in [-0.2, -0.15) is 0 Å². The summed E-state index contributed by atoms with van der Waals surface area (Å²) in [6, 6.07) is 34.2. The molecule has 2 aromatic heterocycles. The summed E-state index contributed by atoms with van der Waals surface area (Å²) in [4.78, 5) is 3.83. The van der Waals surface area contributed by atoms with Gasteiger partial charge in [-0.3, -0.25) is 0 Å². The fourth-order valence-corrected chi connectivity index (χ4v) is 8.35. The molecule has 1 N–H and O–H groups in total. The lowest BCUT2D eigenvalue weighted by Crippen LogP contribution is -2.09. The van der Waals surface area contributed by atoms with E-state index in [0.717, 1.165) is 0 Å². The SMILES string of the molecule is c1ccc2c(c1)-c1ccc(-c3ccc4c(c3)[nH]c3c4ccc4c5ccccc5sc43)c3c1C2CCC3. The number of benzene rings is 5. The Morgan fingerprint density at radius 1 is 0.694 bits per heavy atom. The molecule has 2 aliphatic carbocycles. The van der Waals surface area contributed by atoms with Crippen molar-refractivity contribution in [2.75, 3.05) is 0 Å². The van der Waals surface area contributed by atoms with Crippen molar-refractivity contribution in [3.8, 4) is 22.3 Å². The van der Waals surface area contributed by atoms with E-state index in [9.17, 15) is 0 Å². The molecule has 0 aliphatic heterocycles. The van der Waals surface area contributed by atoms with Crippen molar-refractivity contribution in [1.82, 2.24) is 4.98 Å². The van der Waals surface area contributed by atoms with Gasteiger partial charge in [0.2, 0.25) is 0 Å². The number of hydrogen-bond donors (Lipinski definition) is 1. The highest BCUT2D eigenvalue weighted by Crippen LogP contribution is 2.53. The third kappa shape index (κ3) is 2.40. The van der Waals surface area contributed by atoms with Crippen LogP contribution in [-0.2, 0) is 6.42 Å². The van der Waals surface area contributed by atoms with Gasteiger partial charge >= 0.3 is 0 Å². The molecule has 0 fully saturated rings. The van der Waals surface area contributed by atoms with E-state index in [1.807, 2.05) is 11.3 Å². The number of fused-ring (bicyclic) bond motifs is 10. The van der Waals surface area contributed by atoms with Crippen molar-refractivity contribution < 1.29 is 0 Å². The van der Waals surface area contributed by atoms with Crippen molar-refractivity contribution in [3.63, 3.8) is 0 Å². The van der Waals surface area contributed by atoms with Gasteiger partial charge < -0.3 is 4.98 Å². The van der Waals surface area contributed by atoms with Crippen LogP contribution in [0.25, 0.3) is 64.2 Å². The lowest BCUT2D eigenvalue weighted by Gasteiger charge is -2.25. The molecule has 2 heteroatoms. The molecule has 36 heavy (non-hydrogen) atoms. The second-order valence-corrected chi connectivity index (χ2v) is 11.5. The predicted octanol–water partition coefficient (Wildman–Crippen LogP) is 9.80. The zero-order chi connectivity index (χ0) is 23.4.